The maximum absolute atomic E-state index is 12.3. The molecule has 2 atom stereocenters. The molecule has 1 aromatic carbocycles. The molecule has 23 heavy (non-hydrogen) atoms. The second kappa shape index (κ2) is 5.85. The lowest BCUT2D eigenvalue weighted by Gasteiger charge is -2.43. The van der Waals surface area contributed by atoms with Crippen LogP contribution in [-0.2, 0) is 21.0 Å². The van der Waals surface area contributed by atoms with Gasteiger partial charge in [0.05, 0.1) is 6.04 Å². The van der Waals surface area contributed by atoms with E-state index in [2.05, 4.69) is 0 Å². The minimum Gasteiger partial charge on any atom is -0.444 e. The number of nitrogens with zero attached hydrogens (tertiary/aromatic N) is 2. The second-order valence-corrected chi connectivity index (χ2v) is 6.90. The highest BCUT2D eigenvalue weighted by Gasteiger charge is 2.57. The van der Waals surface area contributed by atoms with Crippen molar-refractivity contribution >= 4 is 12.0 Å². The fourth-order valence-electron chi connectivity index (χ4n) is 2.93. The Balaban J connectivity index is 1.57. The van der Waals surface area contributed by atoms with Crippen LogP contribution in [0.2, 0.25) is 0 Å². The summed E-state index contributed by atoms with van der Waals surface area (Å²) in [5, 5.41) is 1.40. The Labute approximate surface area is 135 Å². The number of hydrogen-bond donors (Lipinski definition) is 0. The molecule has 0 unspecified atom stereocenters. The molecule has 0 bridgehead atoms. The number of carbonyl (C=O) groups excluding carboxylic acids is 2. The number of likely N-dealkylation sites (tertiary alicyclic amines) is 1. The molecule has 1 aromatic rings. The molecule has 2 saturated heterocycles. The summed E-state index contributed by atoms with van der Waals surface area (Å²) in [6.07, 6.45) is 0.283. The van der Waals surface area contributed by atoms with Gasteiger partial charge >= 0.3 is 6.09 Å². The maximum atomic E-state index is 12.3. The van der Waals surface area contributed by atoms with Gasteiger partial charge in [-0.25, -0.2) is 9.86 Å². The molecular weight excluding hydrogens is 296 g/mol. The third-order valence-corrected chi connectivity index (χ3v) is 3.98. The molecule has 0 radical (unpaired) electrons. The summed E-state index contributed by atoms with van der Waals surface area (Å²) in [5.41, 5.74) is 0.441. The summed E-state index contributed by atoms with van der Waals surface area (Å²) in [6.45, 7) is 6.31. The van der Waals surface area contributed by atoms with Crippen LogP contribution in [0.25, 0.3) is 0 Å². The SMILES string of the molecule is CC(C)(C)OC(=O)N1CC[C@@H]2[C@H]1C(=O)N2OCc1ccccc1. The van der Waals surface area contributed by atoms with E-state index >= 15 is 0 Å². The fourth-order valence-corrected chi connectivity index (χ4v) is 2.93. The monoisotopic (exact) mass is 318 g/mol. The van der Waals surface area contributed by atoms with E-state index in [4.69, 9.17) is 9.57 Å². The molecule has 2 amide bonds. The van der Waals surface area contributed by atoms with Gasteiger partial charge in [0.15, 0.2) is 0 Å². The molecule has 2 aliphatic rings. The van der Waals surface area contributed by atoms with Gasteiger partial charge < -0.3 is 4.74 Å². The van der Waals surface area contributed by atoms with Crippen molar-refractivity contribution in [2.75, 3.05) is 6.54 Å². The summed E-state index contributed by atoms with van der Waals surface area (Å²) in [4.78, 5) is 31.6. The van der Waals surface area contributed by atoms with Crippen molar-refractivity contribution in [2.45, 2.75) is 51.5 Å². The molecule has 6 heteroatoms. The van der Waals surface area contributed by atoms with Gasteiger partial charge in [0.25, 0.3) is 5.91 Å². The van der Waals surface area contributed by atoms with E-state index in [9.17, 15) is 9.59 Å². The van der Waals surface area contributed by atoms with Crippen molar-refractivity contribution < 1.29 is 19.2 Å². The van der Waals surface area contributed by atoms with E-state index in [-0.39, 0.29) is 11.9 Å². The Bertz CT molecular complexity index is 596. The Hall–Kier alpha value is -2.08. The molecule has 0 aromatic heterocycles. The van der Waals surface area contributed by atoms with Crippen molar-refractivity contribution in [2.24, 2.45) is 0 Å². The molecule has 6 nitrogen and oxygen atoms in total. The van der Waals surface area contributed by atoms with Crippen molar-refractivity contribution in [1.82, 2.24) is 9.96 Å². The van der Waals surface area contributed by atoms with Crippen LogP contribution >= 0.6 is 0 Å². The predicted octanol–water partition coefficient (Wildman–Crippen LogP) is 2.34. The number of carbonyl (C=O) groups is 2. The molecular formula is C17H22N2O4. The summed E-state index contributed by atoms with van der Waals surface area (Å²) >= 11 is 0. The zero-order valence-corrected chi connectivity index (χ0v) is 13.7. The van der Waals surface area contributed by atoms with Gasteiger partial charge in [0.2, 0.25) is 0 Å². The largest absolute Gasteiger partial charge is 0.444 e. The Kier molecular flexibility index (Phi) is 4.02. The van der Waals surface area contributed by atoms with E-state index in [0.717, 1.165) is 5.56 Å². The Morgan fingerprint density at radius 3 is 2.61 bits per heavy atom. The number of hydroxylamine groups is 2. The first-order chi connectivity index (χ1) is 10.9. The Morgan fingerprint density at radius 2 is 1.96 bits per heavy atom. The van der Waals surface area contributed by atoms with Crippen LogP contribution in [0.1, 0.15) is 32.8 Å². The number of β-lactam (4-membered cyclic amide) rings is 1. The maximum Gasteiger partial charge on any atom is 0.411 e. The van der Waals surface area contributed by atoms with E-state index in [1.807, 2.05) is 51.1 Å². The predicted molar refractivity (Wildman–Crippen MR) is 83.2 cm³/mol. The van der Waals surface area contributed by atoms with Crippen LogP contribution in [0.15, 0.2) is 30.3 Å². The number of fused-ring (bicyclic) bond motifs is 1. The first-order valence-corrected chi connectivity index (χ1v) is 7.86. The Morgan fingerprint density at radius 1 is 1.26 bits per heavy atom. The van der Waals surface area contributed by atoms with Crippen molar-refractivity contribution in [1.29, 1.82) is 0 Å². The van der Waals surface area contributed by atoms with Crippen LogP contribution in [0.4, 0.5) is 4.79 Å². The molecule has 2 aliphatic heterocycles. The summed E-state index contributed by atoms with van der Waals surface area (Å²) in [5.74, 6) is -0.172. The van der Waals surface area contributed by atoms with Crippen LogP contribution in [-0.4, -0.2) is 46.2 Å². The van der Waals surface area contributed by atoms with Gasteiger partial charge in [-0.05, 0) is 32.8 Å². The van der Waals surface area contributed by atoms with Gasteiger partial charge in [-0.15, -0.1) is 0 Å². The number of amides is 2. The zero-order chi connectivity index (χ0) is 16.6. The highest BCUT2D eigenvalue weighted by molar-refractivity contribution is 5.92. The fraction of sp³-hybridized carbons (Fsp3) is 0.529. The van der Waals surface area contributed by atoms with Crippen molar-refractivity contribution in [3.8, 4) is 0 Å². The number of rotatable bonds is 3. The van der Waals surface area contributed by atoms with Crippen LogP contribution in [0.3, 0.4) is 0 Å². The third kappa shape index (κ3) is 3.17. The molecule has 2 fully saturated rings. The minimum absolute atomic E-state index is 0.0706. The quantitative estimate of drug-likeness (QED) is 0.803. The van der Waals surface area contributed by atoms with E-state index in [1.54, 1.807) is 0 Å². The topological polar surface area (TPSA) is 59.1 Å². The van der Waals surface area contributed by atoms with Gasteiger partial charge in [0.1, 0.15) is 18.2 Å². The average molecular weight is 318 g/mol. The normalized spacial score (nSPS) is 23.5. The first kappa shape index (κ1) is 15.8. The van der Waals surface area contributed by atoms with Crippen LogP contribution in [0.5, 0.6) is 0 Å². The minimum atomic E-state index is -0.564. The van der Waals surface area contributed by atoms with Gasteiger partial charge in [-0.2, -0.15) is 0 Å². The lowest BCUT2D eigenvalue weighted by molar-refractivity contribution is -0.240. The van der Waals surface area contributed by atoms with Gasteiger partial charge in [-0.3, -0.25) is 14.5 Å². The van der Waals surface area contributed by atoms with Crippen LogP contribution < -0.4 is 0 Å². The highest BCUT2D eigenvalue weighted by Crippen LogP contribution is 2.35. The molecule has 0 aliphatic carbocycles. The lowest BCUT2D eigenvalue weighted by atomic mass is 9.99. The van der Waals surface area contributed by atoms with Crippen LogP contribution in [0, 0.1) is 0 Å². The first-order valence-electron chi connectivity index (χ1n) is 7.86. The zero-order valence-electron chi connectivity index (χ0n) is 13.7. The van der Waals surface area contributed by atoms with E-state index < -0.39 is 17.7 Å². The molecule has 0 spiro atoms. The average Bonchev–Trinajstić information content (AvgIpc) is 2.87. The highest BCUT2D eigenvalue weighted by atomic mass is 16.7. The molecule has 0 N–H and O–H groups in total. The van der Waals surface area contributed by atoms with Crippen molar-refractivity contribution in [3.05, 3.63) is 35.9 Å². The lowest BCUT2D eigenvalue weighted by Crippen LogP contribution is -2.66. The van der Waals surface area contributed by atoms with E-state index in [1.165, 1.54) is 9.96 Å². The molecule has 124 valence electrons. The summed E-state index contributed by atoms with van der Waals surface area (Å²) in [7, 11) is 0. The molecule has 2 heterocycles. The second-order valence-electron chi connectivity index (χ2n) is 6.90. The summed E-state index contributed by atoms with van der Waals surface area (Å²) < 4.78 is 5.36. The van der Waals surface area contributed by atoms with Gasteiger partial charge in [-0.1, -0.05) is 30.3 Å². The number of benzene rings is 1. The number of ether oxygens (including phenoxy) is 1. The number of hydrogen-bond acceptors (Lipinski definition) is 4. The summed E-state index contributed by atoms with van der Waals surface area (Å²) in [6, 6.07) is 9.18. The third-order valence-electron chi connectivity index (χ3n) is 3.98. The standard InChI is InChI=1S/C17H22N2O4/c1-17(2,3)23-16(21)18-10-9-13-14(18)15(20)19(13)22-11-12-7-5-4-6-8-12/h4-8,13-14H,9-11H2,1-3H3/t13-,14+/m1/s1. The smallest absolute Gasteiger partial charge is 0.411 e. The van der Waals surface area contributed by atoms with Crippen molar-refractivity contribution in [3.63, 3.8) is 0 Å². The van der Waals surface area contributed by atoms with Gasteiger partial charge in [0, 0.05) is 6.54 Å². The molecule has 3 rings (SSSR count). The van der Waals surface area contributed by atoms with E-state index in [0.29, 0.717) is 19.6 Å². The molecule has 0 saturated carbocycles.